The summed E-state index contributed by atoms with van der Waals surface area (Å²) in [6, 6.07) is 11.8. The zero-order valence-electron chi connectivity index (χ0n) is 12.9. The first-order valence-electron chi connectivity index (χ1n) is 7.81. The molecule has 1 saturated heterocycles. The second kappa shape index (κ2) is 7.62. The molecule has 0 atom stereocenters. The maximum absolute atomic E-state index is 12.4. The minimum absolute atomic E-state index is 0.0562. The summed E-state index contributed by atoms with van der Waals surface area (Å²) in [5, 5.41) is 9.52. The van der Waals surface area contributed by atoms with Crippen LogP contribution < -0.4 is 0 Å². The van der Waals surface area contributed by atoms with E-state index in [1.807, 2.05) is 41.4 Å². The predicted octanol–water partition coefficient (Wildman–Crippen LogP) is 2.97. The number of nitrogens with zero attached hydrogens (tertiary/aromatic N) is 2. The zero-order valence-corrected chi connectivity index (χ0v) is 13.7. The molecule has 0 radical (unpaired) electrons. The topological polar surface area (TPSA) is 53.4 Å². The molecule has 1 aliphatic rings. The van der Waals surface area contributed by atoms with E-state index in [1.165, 1.54) is 5.56 Å². The molecule has 23 heavy (non-hydrogen) atoms. The van der Waals surface area contributed by atoms with Gasteiger partial charge in [-0.2, -0.15) is 0 Å². The fourth-order valence-corrected chi connectivity index (χ4v) is 3.43. The van der Waals surface area contributed by atoms with Crippen molar-refractivity contribution >= 4 is 17.7 Å². The van der Waals surface area contributed by atoms with E-state index < -0.39 is 0 Å². The number of thioether (sulfide) groups is 1. The maximum Gasteiger partial charge on any atom is 0.253 e. The molecule has 1 aliphatic heterocycles. The van der Waals surface area contributed by atoms with Gasteiger partial charge in [0.15, 0.2) is 0 Å². The summed E-state index contributed by atoms with van der Waals surface area (Å²) in [7, 11) is 0. The van der Waals surface area contributed by atoms with Crippen LogP contribution in [0.25, 0.3) is 0 Å². The molecule has 120 valence electrons. The molecule has 5 heteroatoms. The number of aliphatic hydroxyl groups is 1. The highest BCUT2D eigenvalue weighted by atomic mass is 32.2. The van der Waals surface area contributed by atoms with Crippen molar-refractivity contribution in [2.24, 2.45) is 0 Å². The molecule has 0 aliphatic carbocycles. The van der Waals surface area contributed by atoms with Gasteiger partial charge in [0.05, 0.1) is 6.10 Å². The molecule has 3 rings (SSSR count). The van der Waals surface area contributed by atoms with Gasteiger partial charge in [-0.05, 0) is 48.7 Å². The van der Waals surface area contributed by atoms with Crippen molar-refractivity contribution in [2.75, 3.05) is 13.1 Å². The maximum atomic E-state index is 12.4. The van der Waals surface area contributed by atoms with E-state index in [0.717, 1.165) is 10.6 Å². The van der Waals surface area contributed by atoms with Gasteiger partial charge in [-0.1, -0.05) is 6.07 Å². The van der Waals surface area contributed by atoms with Crippen molar-refractivity contribution in [3.63, 3.8) is 0 Å². The number of piperidine rings is 1. The average molecular weight is 328 g/mol. The van der Waals surface area contributed by atoms with E-state index in [0.29, 0.717) is 31.5 Å². The third kappa shape index (κ3) is 4.33. The average Bonchev–Trinajstić information content (AvgIpc) is 2.61. The predicted molar refractivity (Wildman–Crippen MR) is 91.4 cm³/mol. The first-order valence-corrected chi connectivity index (χ1v) is 8.80. The fraction of sp³-hybridized carbons (Fsp3) is 0.333. The van der Waals surface area contributed by atoms with Crippen LogP contribution in [0.3, 0.4) is 0 Å². The van der Waals surface area contributed by atoms with Gasteiger partial charge < -0.3 is 10.0 Å². The summed E-state index contributed by atoms with van der Waals surface area (Å²) in [4.78, 5) is 19.5. The lowest BCUT2D eigenvalue weighted by molar-refractivity contribution is 0.0546. The fourth-order valence-electron chi connectivity index (χ4n) is 2.60. The number of benzene rings is 1. The Hall–Kier alpha value is -1.85. The third-order valence-electron chi connectivity index (χ3n) is 3.98. The monoisotopic (exact) mass is 328 g/mol. The molecule has 1 aromatic heterocycles. The van der Waals surface area contributed by atoms with Gasteiger partial charge in [0.1, 0.15) is 0 Å². The minimum Gasteiger partial charge on any atom is -0.393 e. The number of aromatic nitrogens is 1. The molecule has 0 spiro atoms. The molecule has 0 saturated carbocycles. The van der Waals surface area contributed by atoms with E-state index in [1.54, 1.807) is 18.0 Å². The Morgan fingerprint density at radius 3 is 2.61 bits per heavy atom. The first-order chi connectivity index (χ1) is 11.2. The normalized spacial score (nSPS) is 15.6. The largest absolute Gasteiger partial charge is 0.393 e. The van der Waals surface area contributed by atoms with E-state index >= 15 is 0 Å². The van der Waals surface area contributed by atoms with E-state index in [4.69, 9.17) is 0 Å². The van der Waals surface area contributed by atoms with Gasteiger partial charge in [-0.3, -0.25) is 9.78 Å². The molecular formula is C18H20N2O2S. The standard InChI is InChI=1S/C18H20N2O2S/c21-16-7-10-20(11-8-16)18(22)15-3-5-17(6-4-15)23-13-14-2-1-9-19-12-14/h1-6,9,12,16,21H,7-8,10-11,13H2. The van der Waals surface area contributed by atoms with Crippen molar-refractivity contribution in [1.29, 1.82) is 0 Å². The summed E-state index contributed by atoms with van der Waals surface area (Å²) in [6.45, 7) is 1.27. The van der Waals surface area contributed by atoms with Crippen molar-refractivity contribution in [1.82, 2.24) is 9.88 Å². The van der Waals surface area contributed by atoms with E-state index in [-0.39, 0.29) is 12.0 Å². The van der Waals surface area contributed by atoms with E-state index in [2.05, 4.69) is 11.1 Å². The Labute approximate surface area is 140 Å². The van der Waals surface area contributed by atoms with Crippen molar-refractivity contribution < 1.29 is 9.90 Å². The molecule has 2 aromatic rings. The van der Waals surface area contributed by atoms with Crippen LogP contribution in [-0.4, -0.2) is 40.1 Å². The molecule has 2 heterocycles. The summed E-state index contributed by atoms with van der Waals surface area (Å²) in [5.74, 6) is 0.922. The highest BCUT2D eigenvalue weighted by Crippen LogP contribution is 2.23. The van der Waals surface area contributed by atoms with Crippen molar-refractivity contribution in [3.8, 4) is 0 Å². The number of aliphatic hydroxyl groups excluding tert-OH is 1. The number of likely N-dealkylation sites (tertiary alicyclic amines) is 1. The van der Waals surface area contributed by atoms with Gasteiger partial charge in [0, 0.05) is 41.7 Å². The number of pyridine rings is 1. The van der Waals surface area contributed by atoms with Crippen LogP contribution in [0.2, 0.25) is 0 Å². The van der Waals surface area contributed by atoms with Crippen LogP contribution >= 0.6 is 11.8 Å². The molecule has 1 N–H and O–H groups in total. The second-order valence-corrected chi connectivity index (χ2v) is 6.75. The van der Waals surface area contributed by atoms with Crippen LogP contribution in [0.5, 0.6) is 0 Å². The van der Waals surface area contributed by atoms with Gasteiger partial charge in [0.25, 0.3) is 5.91 Å². The zero-order chi connectivity index (χ0) is 16.1. The second-order valence-electron chi connectivity index (χ2n) is 5.70. The highest BCUT2D eigenvalue weighted by Gasteiger charge is 2.22. The molecule has 1 amide bonds. The van der Waals surface area contributed by atoms with Gasteiger partial charge in [-0.25, -0.2) is 0 Å². The summed E-state index contributed by atoms with van der Waals surface area (Å²) < 4.78 is 0. The number of hydrogen-bond donors (Lipinski definition) is 1. The van der Waals surface area contributed by atoms with Crippen LogP contribution in [-0.2, 0) is 5.75 Å². The Kier molecular flexibility index (Phi) is 5.31. The van der Waals surface area contributed by atoms with Gasteiger partial charge >= 0.3 is 0 Å². The number of hydrogen-bond acceptors (Lipinski definition) is 4. The molecule has 1 aromatic carbocycles. The molecule has 0 unspecified atom stereocenters. The lowest BCUT2D eigenvalue weighted by Crippen LogP contribution is -2.40. The van der Waals surface area contributed by atoms with Gasteiger partial charge in [0.2, 0.25) is 0 Å². The Bertz CT molecular complexity index is 638. The van der Waals surface area contributed by atoms with Crippen molar-refractivity contribution in [3.05, 3.63) is 59.9 Å². The van der Waals surface area contributed by atoms with Crippen LogP contribution in [0.4, 0.5) is 0 Å². The smallest absolute Gasteiger partial charge is 0.253 e. The summed E-state index contributed by atoms with van der Waals surface area (Å²) in [6.07, 6.45) is 4.73. The number of rotatable bonds is 4. The molecule has 1 fully saturated rings. The first kappa shape index (κ1) is 16.0. The number of carbonyl (C=O) groups is 1. The third-order valence-corrected chi connectivity index (χ3v) is 5.06. The lowest BCUT2D eigenvalue weighted by atomic mass is 10.1. The van der Waals surface area contributed by atoms with Crippen LogP contribution in [0, 0.1) is 0 Å². The van der Waals surface area contributed by atoms with E-state index in [9.17, 15) is 9.90 Å². The minimum atomic E-state index is -0.259. The molecular weight excluding hydrogens is 308 g/mol. The van der Waals surface area contributed by atoms with Crippen LogP contribution in [0.15, 0.2) is 53.7 Å². The lowest BCUT2D eigenvalue weighted by Gasteiger charge is -2.29. The summed E-state index contributed by atoms with van der Waals surface area (Å²) in [5.41, 5.74) is 1.90. The number of carbonyl (C=O) groups excluding carboxylic acids is 1. The highest BCUT2D eigenvalue weighted by molar-refractivity contribution is 7.98. The Morgan fingerprint density at radius 2 is 1.96 bits per heavy atom. The summed E-state index contributed by atoms with van der Waals surface area (Å²) >= 11 is 1.73. The van der Waals surface area contributed by atoms with Crippen molar-refractivity contribution in [2.45, 2.75) is 29.6 Å². The van der Waals surface area contributed by atoms with Gasteiger partial charge in [-0.15, -0.1) is 11.8 Å². The number of amides is 1. The Morgan fingerprint density at radius 1 is 1.22 bits per heavy atom. The Balaban J connectivity index is 1.57. The quantitative estimate of drug-likeness (QED) is 0.877. The van der Waals surface area contributed by atoms with Crippen LogP contribution in [0.1, 0.15) is 28.8 Å². The molecule has 0 bridgehead atoms. The SMILES string of the molecule is O=C(c1ccc(SCc2cccnc2)cc1)N1CCC(O)CC1. The molecule has 4 nitrogen and oxygen atoms in total.